The second kappa shape index (κ2) is 8.31. The lowest BCUT2D eigenvalue weighted by Gasteiger charge is -2.35. The number of amides is 1. The Morgan fingerprint density at radius 1 is 1.31 bits per heavy atom. The van der Waals surface area contributed by atoms with E-state index in [1.165, 1.54) is 10.2 Å². The molecule has 2 aromatic rings. The molecule has 1 amide bonds. The average molecular weight is 358 g/mol. The number of nitrogens with zero attached hydrogens (tertiary/aromatic N) is 3. The van der Waals surface area contributed by atoms with Crippen molar-refractivity contribution in [1.29, 1.82) is 0 Å². The minimum atomic E-state index is -0.598. The molecule has 1 aromatic heterocycles. The van der Waals surface area contributed by atoms with Crippen LogP contribution in [0.4, 0.5) is 0 Å². The summed E-state index contributed by atoms with van der Waals surface area (Å²) in [6, 6.07) is 7.84. The van der Waals surface area contributed by atoms with Crippen LogP contribution in [0.2, 0.25) is 0 Å². The lowest BCUT2D eigenvalue weighted by molar-refractivity contribution is -0.122. The summed E-state index contributed by atoms with van der Waals surface area (Å²) < 4.78 is 7.48. The number of ether oxygens (including phenoxy) is 1. The maximum atomic E-state index is 12.1. The van der Waals surface area contributed by atoms with Crippen LogP contribution in [-0.2, 0) is 11.3 Å². The minimum Gasteiger partial charge on any atom is -0.488 e. The maximum Gasteiger partial charge on any atom is 0.241 e. The molecule has 26 heavy (non-hydrogen) atoms. The first-order valence-corrected chi connectivity index (χ1v) is 9.06. The molecule has 3 atom stereocenters. The molecule has 7 nitrogen and oxygen atoms in total. The number of aliphatic hydroxyl groups excluding tert-OH is 1. The van der Waals surface area contributed by atoms with Gasteiger partial charge in [-0.15, -0.1) is 5.10 Å². The van der Waals surface area contributed by atoms with Crippen molar-refractivity contribution < 1.29 is 14.6 Å². The summed E-state index contributed by atoms with van der Waals surface area (Å²) in [7, 11) is 0. The van der Waals surface area contributed by atoms with Gasteiger partial charge in [0.15, 0.2) is 0 Å². The normalized spacial score (nSPS) is 22.8. The van der Waals surface area contributed by atoms with E-state index in [1.807, 2.05) is 38.1 Å². The van der Waals surface area contributed by atoms with Crippen molar-refractivity contribution in [3.05, 3.63) is 41.7 Å². The molecule has 0 bridgehead atoms. The molecular formula is C19H26N4O3. The molecule has 0 aliphatic heterocycles. The summed E-state index contributed by atoms with van der Waals surface area (Å²) in [6.45, 7) is 4.42. The molecule has 1 aromatic carbocycles. The van der Waals surface area contributed by atoms with Gasteiger partial charge in [-0.25, -0.2) is 4.68 Å². The van der Waals surface area contributed by atoms with Crippen molar-refractivity contribution in [2.24, 2.45) is 5.92 Å². The van der Waals surface area contributed by atoms with E-state index < -0.39 is 6.10 Å². The highest BCUT2D eigenvalue weighted by molar-refractivity contribution is 5.75. The molecular weight excluding hydrogens is 332 g/mol. The first-order valence-electron chi connectivity index (χ1n) is 9.06. The highest BCUT2D eigenvalue weighted by Gasteiger charge is 2.33. The Kier molecular flexibility index (Phi) is 5.88. The lowest BCUT2D eigenvalue weighted by Crippen LogP contribution is -2.46. The number of aromatic nitrogens is 3. The van der Waals surface area contributed by atoms with E-state index in [0.717, 1.165) is 30.7 Å². The Hall–Kier alpha value is -2.41. The Balaban J connectivity index is 1.49. The SMILES string of the molecule is Cc1ccc(O[C@@H]2CCC[C@H](CNC(=O)Cn3cc(C)nn3)[C@H]2O)cc1. The Morgan fingerprint density at radius 3 is 2.77 bits per heavy atom. The number of hydrogen-bond acceptors (Lipinski definition) is 5. The molecule has 0 radical (unpaired) electrons. The molecule has 1 aliphatic carbocycles. The number of rotatable bonds is 6. The Labute approximate surface area is 153 Å². The van der Waals surface area contributed by atoms with Crippen LogP contribution >= 0.6 is 0 Å². The minimum absolute atomic E-state index is 0.0133. The summed E-state index contributed by atoms with van der Waals surface area (Å²) >= 11 is 0. The van der Waals surface area contributed by atoms with Gasteiger partial charge < -0.3 is 15.2 Å². The summed E-state index contributed by atoms with van der Waals surface area (Å²) in [6.07, 6.45) is 3.54. The van der Waals surface area contributed by atoms with E-state index in [9.17, 15) is 9.90 Å². The van der Waals surface area contributed by atoms with Crippen LogP contribution in [0.3, 0.4) is 0 Å². The molecule has 0 saturated heterocycles. The third kappa shape index (κ3) is 4.82. The van der Waals surface area contributed by atoms with E-state index in [0.29, 0.717) is 6.54 Å². The van der Waals surface area contributed by atoms with Crippen molar-refractivity contribution in [2.45, 2.75) is 51.9 Å². The average Bonchev–Trinajstić information content (AvgIpc) is 3.02. The molecule has 1 saturated carbocycles. The van der Waals surface area contributed by atoms with Gasteiger partial charge >= 0.3 is 0 Å². The van der Waals surface area contributed by atoms with Crippen LogP contribution in [0.15, 0.2) is 30.5 Å². The zero-order valence-corrected chi connectivity index (χ0v) is 15.3. The fourth-order valence-corrected chi connectivity index (χ4v) is 3.29. The van der Waals surface area contributed by atoms with Crippen molar-refractivity contribution in [3.63, 3.8) is 0 Å². The number of benzene rings is 1. The predicted octanol–water partition coefficient (Wildman–Crippen LogP) is 1.62. The third-order valence-corrected chi connectivity index (χ3v) is 4.76. The van der Waals surface area contributed by atoms with Gasteiger partial charge in [0.1, 0.15) is 18.4 Å². The first kappa shape index (κ1) is 18.4. The quantitative estimate of drug-likeness (QED) is 0.819. The molecule has 7 heteroatoms. The van der Waals surface area contributed by atoms with Crippen LogP contribution in [0.1, 0.15) is 30.5 Å². The molecule has 2 N–H and O–H groups in total. The molecule has 3 rings (SSSR count). The number of hydrogen-bond donors (Lipinski definition) is 2. The van der Waals surface area contributed by atoms with Crippen LogP contribution in [0, 0.1) is 19.8 Å². The van der Waals surface area contributed by atoms with Gasteiger partial charge in [0.2, 0.25) is 5.91 Å². The zero-order valence-electron chi connectivity index (χ0n) is 15.3. The summed E-state index contributed by atoms with van der Waals surface area (Å²) in [5, 5.41) is 21.3. The van der Waals surface area contributed by atoms with Crippen molar-refractivity contribution >= 4 is 5.91 Å². The maximum absolute atomic E-state index is 12.1. The van der Waals surface area contributed by atoms with Crippen molar-refractivity contribution in [1.82, 2.24) is 20.3 Å². The van der Waals surface area contributed by atoms with Crippen molar-refractivity contribution in [3.8, 4) is 5.75 Å². The standard InChI is InChI=1S/C19H26N4O3/c1-13-6-8-16(9-7-13)26-17-5-3-4-15(19(17)25)10-20-18(24)12-23-11-14(2)21-22-23/h6-9,11,15,17,19,25H,3-5,10,12H2,1-2H3,(H,20,24)/t15-,17-,19-/m1/s1. The van der Waals surface area contributed by atoms with E-state index >= 15 is 0 Å². The molecule has 1 heterocycles. The van der Waals surface area contributed by atoms with Crippen molar-refractivity contribution in [2.75, 3.05) is 6.54 Å². The fourth-order valence-electron chi connectivity index (χ4n) is 3.29. The van der Waals surface area contributed by atoms with Crippen LogP contribution in [-0.4, -0.2) is 44.8 Å². The van der Waals surface area contributed by atoms with E-state index in [4.69, 9.17) is 4.74 Å². The second-order valence-electron chi connectivity index (χ2n) is 7.01. The number of aryl methyl sites for hydroxylation is 2. The highest BCUT2D eigenvalue weighted by atomic mass is 16.5. The molecule has 0 spiro atoms. The third-order valence-electron chi connectivity index (χ3n) is 4.76. The smallest absolute Gasteiger partial charge is 0.241 e. The van der Waals surface area contributed by atoms with Gasteiger partial charge in [-0.05, 0) is 45.2 Å². The largest absolute Gasteiger partial charge is 0.488 e. The lowest BCUT2D eigenvalue weighted by atomic mass is 9.84. The zero-order chi connectivity index (χ0) is 18.5. The number of carbonyl (C=O) groups is 1. The van der Waals surface area contributed by atoms with Crippen LogP contribution in [0.25, 0.3) is 0 Å². The number of carbonyl (C=O) groups excluding carboxylic acids is 1. The van der Waals surface area contributed by atoms with E-state index in [1.54, 1.807) is 6.20 Å². The van der Waals surface area contributed by atoms with Gasteiger partial charge in [0, 0.05) is 18.7 Å². The molecule has 0 unspecified atom stereocenters. The van der Waals surface area contributed by atoms with Gasteiger partial charge in [0.25, 0.3) is 0 Å². The monoisotopic (exact) mass is 358 g/mol. The van der Waals surface area contributed by atoms with Gasteiger partial charge in [-0.3, -0.25) is 4.79 Å². The molecule has 1 fully saturated rings. The number of aliphatic hydroxyl groups is 1. The van der Waals surface area contributed by atoms with Gasteiger partial charge in [-0.1, -0.05) is 22.9 Å². The Bertz CT molecular complexity index is 729. The van der Waals surface area contributed by atoms with Gasteiger partial charge in [0.05, 0.1) is 11.8 Å². The van der Waals surface area contributed by atoms with E-state index in [-0.39, 0.29) is 24.5 Å². The summed E-state index contributed by atoms with van der Waals surface area (Å²) in [4.78, 5) is 12.1. The Morgan fingerprint density at radius 2 is 2.08 bits per heavy atom. The van der Waals surface area contributed by atoms with Gasteiger partial charge in [-0.2, -0.15) is 0 Å². The fraction of sp³-hybridized carbons (Fsp3) is 0.526. The predicted molar refractivity (Wildman–Crippen MR) is 96.7 cm³/mol. The summed E-state index contributed by atoms with van der Waals surface area (Å²) in [5.41, 5.74) is 1.95. The highest BCUT2D eigenvalue weighted by Crippen LogP contribution is 2.28. The topological polar surface area (TPSA) is 89.3 Å². The number of nitrogens with one attached hydrogen (secondary N) is 1. The molecule has 140 valence electrons. The van der Waals surface area contributed by atoms with Crippen LogP contribution in [0.5, 0.6) is 5.75 Å². The second-order valence-corrected chi connectivity index (χ2v) is 7.01. The van der Waals surface area contributed by atoms with E-state index in [2.05, 4.69) is 15.6 Å². The first-order chi connectivity index (χ1) is 12.5. The van der Waals surface area contributed by atoms with Crippen LogP contribution < -0.4 is 10.1 Å². The summed E-state index contributed by atoms with van der Waals surface area (Å²) in [5.74, 6) is 0.621. The molecule has 1 aliphatic rings.